The smallest absolute Gasteiger partial charge is 0.153 e. The van der Waals surface area contributed by atoms with Crippen LogP contribution in [-0.2, 0) is 0 Å². The van der Waals surface area contributed by atoms with E-state index >= 15 is 0 Å². The number of hydrogen-bond donors (Lipinski definition) is 1. The molecule has 0 unspecified atom stereocenters. The van der Waals surface area contributed by atoms with Gasteiger partial charge < -0.3 is 4.98 Å². The lowest BCUT2D eigenvalue weighted by Gasteiger charge is -2.00. The van der Waals surface area contributed by atoms with Crippen LogP contribution in [0.2, 0.25) is 0 Å². The van der Waals surface area contributed by atoms with Crippen molar-refractivity contribution >= 4 is 29.4 Å². The molecule has 2 nitrogen and oxygen atoms in total. The van der Waals surface area contributed by atoms with Gasteiger partial charge in [-0.05, 0) is 30.5 Å². The van der Waals surface area contributed by atoms with Crippen LogP contribution >= 0.6 is 12.2 Å². The molecule has 0 aliphatic heterocycles. The van der Waals surface area contributed by atoms with Gasteiger partial charge >= 0.3 is 0 Å². The van der Waals surface area contributed by atoms with Gasteiger partial charge in [0.1, 0.15) is 4.64 Å². The fraction of sp³-hybridized carbons (Fsp3) is 0.0909. The van der Waals surface area contributed by atoms with Gasteiger partial charge in [-0.3, -0.25) is 4.79 Å². The van der Waals surface area contributed by atoms with Crippen molar-refractivity contribution in [2.45, 2.75) is 6.92 Å². The highest BCUT2D eigenvalue weighted by atomic mass is 32.1. The molecule has 0 amide bonds. The van der Waals surface area contributed by atoms with Crippen LogP contribution in [-0.4, -0.2) is 11.3 Å². The lowest BCUT2D eigenvalue weighted by molar-refractivity contribution is 0.112. The molecule has 0 aliphatic rings. The molecule has 14 heavy (non-hydrogen) atoms. The summed E-state index contributed by atoms with van der Waals surface area (Å²) < 4.78 is 0.497. The molecule has 0 saturated carbocycles. The van der Waals surface area contributed by atoms with Crippen LogP contribution in [0.25, 0.3) is 10.9 Å². The first-order valence-corrected chi connectivity index (χ1v) is 4.70. The maximum atomic E-state index is 10.7. The van der Waals surface area contributed by atoms with Gasteiger partial charge in [-0.2, -0.15) is 0 Å². The largest absolute Gasteiger partial charge is 0.346 e. The Balaban J connectivity index is 2.86. The topological polar surface area (TPSA) is 32.9 Å². The molecular weight excluding hydrogens is 194 g/mol. The van der Waals surface area contributed by atoms with E-state index in [4.69, 9.17) is 12.2 Å². The van der Waals surface area contributed by atoms with Crippen molar-refractivity contribution in [3.63, 3.8) is 0 Å². The number of benzene rings is 1. The number of carbonyl (C=O) groups is 1. The standard InChI is InChI=1S/C11H9NOS/c1-7-2-3-10-8(4-7)5-9(6-13)11(14)12-10/h2-6H,1H3,(H,12,14). The predicted molar refractivity (Wildman–Crippen MR) is 59.3 cm³/mol. The number of rotatable bonds is 1. The van der Waals surface area contributed by atoms with Gasteiger partial charge in [0.2, 0.25) is 0 Å². The van der Waals surface area contributed by atoms with E-state index < -0.39 is 0 Å². The number of fused-ring (bicyclic) bond motifs is 1. The molecule has 1 aromatic carbocycles. The predicted octanol–water partition coefficient (Wildman–Crippen LogP) is 3.02. The van der Waals surface area contributed by atoms with Gasteiger partial charge in [0.05, 0.1) is 0 Å². The fourth-order valence-electron chi connectivity index (χ4n) is 1.43. The number of aromatic nitrogens is 1. The Morgan fingerprint density at radius 3 is 2.86 bits per heavy atom. The number of aromatic amines is 1. The number of nitrogens with one attached hydrogen (secondary N) is 1. The first-order valence-electron chi connectivity index (χ1n) is 4.29. The van der Waals surface area contributed by atoms with Crippen molar-refractivity contribution in [3.8, 4) is 0 Å². The normalized spacial score (nSPS) is 10.4. The Morgan fingerprint density at radius 2 is 2.14 bits per heavy atom. The third-order valence-corrected chi connectivity index (χ3v) is 2.49. The average Bonchev–Trinajstić information content (AvgIpc) is 2.17. The summed E-state index contributed by atoms with van der Waals surface area (Å²) in [5.74, 6) is 0. The summed E-state index contributed by atoms with van der Waals surface area (Å²) in [6.07, 6.45) is 0.778. The molecule has 2 aromatic rings. The van der Waals surface area contributed by atoms with Crippen LogP contribution in [0, 0.1) is 11.6 Å². The molecule has 0 aliphatic carbocycles. The van der Waals surface area contributed by atoms with Gasteiger partial charge in [0, 0.05) is 11.1 Å². The second kappa shape index (κ2) is 3.35. The number of hydrogen-bond acceptors (Lipinski definition) is 2. The molecule has 2 rings (SSSR count). The zero-order chi connectivity index (χ0) is 10.1. The van der Waals surface area contributed by atoms with E-state index in [1.807, 2.05) is 31.2 Å². The highest BCUT2D eigenvalue weighted by Crippen LogP contribution is 2.15. The van der Waals surface area contributed by atoms with Crippen LogP contribution in [0.3, 0.4) is 0 Å². The number of pyridine rings is 1. The van der Waals surface area contributed by atoms with Crippen molar-refractivity contribution in [1.29, 1.82) is 0 Å². The highest BCUT2D eigenvalue weighted by molar-refractivity contribution is 7.71. The van der Waals surface area contributed by atoms with Crippen molar-refractivity contribution in [2.24, 2.45) is 0 Å². The molecule has 0 bridgehead atoms. The van der Waals surface area contributed by atoms with Gasteiger partial charge in [0.15, 0.2) is 6.29 Å². The van der Waals surface area contributed by atoms with Crippen LogP contribution in [0.15, 0.2) is 24.3 Å². The molecule has 1 aromatic heterocycles. The molecule has 1 heterocycles. The van der Waals surface area contributed by atoms with Gasteiger partial charge in [0.25, 0.3) is 0 Å². The quantitative estimate of drug-likeness (QED) is 0.571. The first-order chi connectivity index (χ1) is 6.70. The molecule has 70 valence electrons. The zero-order valence-electron chi connectivity index (χ0n) is 7.70. The molecule has 0 fully saturated rings. The van der Waals surface area contributed by atoms with E-state index in [2.05, 4.69) is 4.98 Å². The van der Waals surface area contributed by atoms with Gasteiger partial charge in [-0.25, -0.2) is 0 Å². The summed E-state index contributed by atoms with van der Waals surface area (Å²) in [4.78, 5) is 13.7. The van der Waals surface area contributed by atoms with Crippen molar-refractivity contribution in [2.75, 3.05) is 0 Å². The number of aryl methyl sites for hydroxylation is 1. The molecular formula is C11H9NOS. The second-order valence-corrected chi connectivity index (χ2v) is 3.67. The van der Waals surface area contributed by atoms with Crippen LogP contribution in [0.5, 0.6) is 0 Å². The maximum Gasteiger partial charge on any atom is 0.153 e. The van der Waals surface area contributed by atoms with E-state index in [0.717, 1.165) is 17.2 Å². The Morgan fingerprint density at radius 1 is 1.36 bits per heavy atom. The number of H-pyrrole nitrogens is 1. The van der Waals surface area contributed by atoms with E-state index in [1.54, 1.807) is 0 Å². The SMILES string of the molecule is Cc1ccc2[nH]c(=S)c(C=O)cc2c1. The van der Waals surface area contributed by atoms with E-state index in [1.165, 1.54) is 5.56 Å². The Hall–Kier alpha value is -1.48. The number of carbonyl (C=O) groups excluding carboxylic acids is 1. The molecule has 1 N–H and O–H groups in total. The van der Waals surface area contributed by atoms with Gasteiger partial charge in [-0.15, -0.1) is 0 Å². The lowest BCUT2D eigenvalue weighted by atomic mass is 10.1. The van der Waals surface area contributed by atoms with Crippen molar-refractivity contribution in [3.05, 3.63) is 40.0 Å². The van der Waals surface area contributed by atoms with E-state index in [0.29, 0.717) is 10.2 Å². The minimum absolute atomic E-state index is 0.497. The third kappa shape index (κ3) is 1.46. The molecule has 0 atom stereocenters. The lowest BCUT2D eigenvalue weighted by Crippen LogP contribution is -1.87. The molecule has 0 radical (unpaired) electrons. The molecule has 3 heteroatoms. The van der Waals surface area contributed by atoms with Crippen LogP contribution in [0.4, 0.5) is 0 Å². The third-order valence-electron chi connectivity index (χ3n) is 2.16. The minimum atomic E-state index is 0.497. The first kappa shape index (κ1) is 9.09. The summed E-state index contributed by atoms with van der Waals surface area (Å²) in [6, 6.07) is 7.81. The van der Waals surface area contributed by atoms with Crippen molar-refractivity contribution in [1.82, 2.24) is 4.98 Å². The van der Waals surface area contributed by atoms with Crippen molar-refractivity contribution < 1.29 is 4.79 Å². The van der Waals surface area contributed by atoms with E-state index in [9.17, 15) is 4.79 Å². The zero-order valence-corrected chi connectivity index (χ0v) is 8.52. The average molecular weight is 203 g/mol. The monoisotopic (exact) mass is 203 g/mol. The number of aldehydes is 1. The van der Waals surface area contributed by atoms with Crippen LogP contribution in [0.1, 0.15) is 15.9 Å². The van der Waals surface area contributed by atoms with E-state index in [-0.39, 0.29) is 0 Å². The fourth-order valence-corrected chi connectivity index (χ4v) is 1.65. The second-order valence-electron chi connectivity index (χ2n) is 3.26. The summed E-state index contributed by atoms with van der Waals surface area (Å²) in [6.45, 7) is 2.02. The summed E-state index contributed by atoms with van der Waals surface area (Å²) in [5, 5.41) is 1.01. The summed E-state index contributed by atoms with van der Waals surface area (Å²) in [7, 11) is 0. The van der Waals surface area contributed by atoms with Gasteiger partial charge in [-0.1, -0.05) is 23.8 Å². The Labute approximate surface area is 86.6 Å². The maximum absolute atomic E-state index is 10.7. The minimum Gasteiger partial charge on any atom is -0.346 e. The molecule has 0 saturated heterocycles. The van der Waals surface area contributed by atoms with Crippen LogP contribution < -0.4 is 0 Å². The molecule has 0 spiro atoms. The Bertz CT molecular complexity index is 557. The Kier molecular flexibility index (Phi) is 2.17. The summed E-state index contributed by atoms with van der Waals surface area (Å²) >= 11 is 5.02. The highest BCUT2D eigenvalue weighted by Gasteiger charge is 1.98. The summed E-state index contributed by atoms with van der Waals surface area (Å²) in [5.41, 5.74) is 2.67.